The Labute approximate surface area is 156 Å². The maximum atomic E-state index is 12.3. The average Bonchev–Trinajstić information content (AvgIpc) is 3.02. The molecule has 6 N–H and O–H groups in total. The molecule has 1 atom stereocenters. The molecule has 0 radical (unpaired) electrons. The molecule has 0 aliphatic heterocycles. The highest BCUT2D eigenvalue weighted by Crippen LogP contribution is 2.22. The number of para-hydroxylation sites is 1. The average molecular weight is 370 g/mol. The highest BCUT2D eigenvalue weighted by molar-refractivity contribution is 5.96. The number of aliphatic hydroxyl groups excluding tert-OH is 1. The molecule has 0 aliphatic carbocycles. The number of carbonyl (C=O) groups excluding carboxylic acids is 1. The van der Waals surface area contributed by atoms with Gasteiger partial charge in [0, 0.05) is 18.4 Å². The second-order valence-corrected chi connectivity index (χ2v) is 6.12. The molecule has 1 amide bonds. The Morgan fingerprint density at radius 2 is 2.04 bits per heavy atom. The standard InChI is InChI=1S/C19H22N4O4/c1-11(9-13-7-8-16(26-13)18(20)27-19(21)22)10-17(25)23-15-6-4-3-5-14(15)12(2)24/h3-8,11,20,24H,2,9-10H2,1H3,(H3,21,22)(H,23,25). The predicted molar refractivity (Wildman–Crippen MR) is 103 cm³/mol. The van der Waals surface area contributed by atoms with Gasteiger partial charge in [0.05, 0.1) is 5.69 Å². The van der Waals surface area contributed by atoms with Crippen LogP contribution in [0.15, 0.2) is 47.4 Å². The van der Waals surface area contributed by atoms with Crippen LogP contribution < -0.4 is 11.1 Å². The SMILES string of the molecule is C=C(O)c1ccccc1NC(=O)CC(C)Cc1ccc(C(=N)OC(=N)N)o1. The Morgan fingerprint density at radius 3 is 2.70 bits per heavy atom. The molecule has 0 saturated carbocycles. The van der Waals surface area contributed by atoms with Gasteiger partial charge in [0.25, 0.3) is 11.9 Å². The molecule has 0 saturated heterocycles. The van der Waals surface area contributed by atoms with E-state index in [0.29, 0.717) is 23.4 Å². The first-order valence-electron chi connectivity index (χ1n) is 8.23. The molecule has 1 heterocycles. The zero-order valence-electron chi connectivity index (χ0n) is 14.9. The van der Waals surface area contributed by atoms with E-state index in [0.717, 1.165) is 0 Å². The molecule has 1 aromatic heterocycles. The van der Waals surface area contributed by atoms with Gasteiger partial charge in [-0.25, -0.2) is 0 Å². The lowest BCUT2D eigenvalue weighted by atomic mass is 10.0. The Kier molecular flexibility index (Phi) is 6.37. The maximum absolute atomic E-state index is 12.3. The fourth-order valence-corrected chi connectivity index (χ4v) is 2.55. The number of hydrogen-bond donors (Lipinski definition) is 5. The van der Waals surface area contributed by atoms with Crippen molar-refractivity contribution in [2.75, 3.05) is 5.32 Å². The normalized spacial score (nSPS) is 11.4. The summed E-state index contributed by atoms with van der Waals surface area (Å²) in [5, 5.41) is 27.0. The lowest BCUT2D eigenvalue weighted by Crippen LogP contribution is -2.19. The van der Waals surface area contributed by atoms with Gasteiger partial charge in [-0.15, -0.1) is 0 Å². The van der Waals surface area contributed by atoms with E-state index >= 15 is 0 Å². The number of amides is 1. The van der Waals surface area contributed by atoms with Crippen molar-refractivity contribution in [2.24, 2.45) is 11.7 Å². The lowest BCUT2D eigenvalue weighted by Gasteiger charge is -2.13. The number of furan rings is 1. The summed E-state index contributed by atoms with van der Waals surface area (Å²) in [6.07, 6.45) is 0.721. The molecule has 0 spiro atoms. The van der Waals surface area contributed by atoms with Crippen molar-refractivity contribution >= 4 is 29.3 Å². The fraction of sp³-hybridized carbons (Fsp3) is 0.211. The summed E-state index contributed by atoms with van der Waals surface area (Å²) in [5.74, 6) is 0.0582. The number of hydrogen-bond acceptors (Lipinski definition) is 6. The van der Waals surface area contributed by atoms with E-state index in [1.165, 1.54) is 0 Å². The number of rotatable bonds is 7. The van der Waals surface area contributed by atoms with E-state index in [-0.39, 0.29) is 35.7 Å². The quantitative estimate of drug-likeness (QED) is 0.288. The van der Waals surface area contributed by atoms with Gasteiger partial charge in [-0.2, -0.15) is 0 Å². The number of nitrogens with two attached hydrogens (primary N) is 1. The minimum Gasteiger partial charge on any atom is -0.508 e. The Morgan fingerprint density at radius 1 is 1.33 bits per heavy atom. The molecule has 27 heavy (non-hydrogen) atoms. The molecule has 2 aromatic rings. The molecule has 0 fully saturated rings. The van der Waals surface area contributed by atoms with Crippen LogP contribution in [-0.2, 0) is 16.0 Å². The van der Waals surface area contributed by atoms with Crippen LogP contribution in [0.5, 0.6) is 0 Å². The van der Waals surface area contributed by atoms with Crippen molar-refractivity contribution in [1.29, 1.82) is 10.8 Å². The molecule has 0 bridgehead atoms. The molecule has 1 unspecified atom stereocenters. The highest BCUT2D eigenvalue weighted by Gasteiger charge is 2.16. The van der Waals surface area contributed by atoms with Gasteiger partial charge in [0.2, 0.25) is 5.91 Å². The van der Waals surface area contributed by atoms with Crippen LogP contribution in [-0.4, -0.2) is 22.9 Å². The number of amidine groups is 1. The van der Waals surface area contributed by atoms with E-state index in [1.807, 2.05) is 6.92 Å². The van der Waals surface area contributed by atoms with Gasteiger partial charge < -0.3 is 25.3 Å². The molecular formula is C19H22N4O4. The third-order valence-electron chi connectivity index (χ3n) is 3.69. The fourth-order valence-electron chi connectivity index (χ4n) is 2.55. The highest BCUT2D eigenvalue weighted by atomic mass is 16.5. The Hall–Kier alpha value is -3.55. The molecule has 1 aromatic carbocycles. The van der Waals surface area contributed by atoms with E-state index in [4.69, 9.17) is 21.0 Å². The summed E-state index contributed by atoms with van der Waals surface area (Å²) in [4.78, 5) is 12.3. The topological polar surface area (TPSA) is 145 Å². The number of anilines is 1. The zero-order valence-corrected chi connectivity index (χ0v) is 14.9. The molecule has 0 aliphatic rings. The van der Waals surface area contributed by atoms with Gasteiger partial charge >= 0.3 is 0 Å². The lowest BCUT2D eigenvalue weighted by molar-refractivity contribution is -0.117. The van der Waals surface area contributed by atoms with Crippen LogP contribution in [0.2, 0.25) is 0 Å². The molecular weight excluding hydrogens is 348 g/mol. The van der Waals surface area contributed by atoms with E-state index in [1.54, 1.807) is 36.4 Å². The summed E-state index contributed by atoms with van der Waals surface area (Å²) < 4.78 is 10.2. The second-order valence-electron chi connectivity index (χ2n) is 6.12. The van der Waals surface area contributed by atoms with Crippen molar-refractivity contribution in [2.45, 2.75) is 19.8 Å². The molecule has 8 nitrogen and oxygen atoms in total. The van der Waals surface area contributed by atoms with Crippen molar-refractivity contribution in [3.63, 3.8) is 0 Å². The monoisotopic (exact) mass is 370 g/mol. The van der Waals surface area contributed by atoms with Crippen LogP contribution in [0.25, 0.3) is 5.76 Å². The number of nitrogens with one attached hydrogen (secondary N) is 3. The van der Waals surface area contributed by atoms with Crippen LogP contribution in [0.1, 0.15) is 30.4 Å². The third kappa shape index (κ3) is 5.74. The number of ether oxygens (including phenoxy) is 1. The van der Waals surface area contributed by atoms with Crippen molar-refractivity contribution < 1.29 is 19.1 Å². The van der Waals surface area contributed by atoms with Gasteiger partial charge in [-0.1, -0.05) is 25.6 Å². The Balaban J connectivity index is 1.92. The summed E-state index contributed by atoms with van der Waals surface area (Å²) in [5.41, 5.74) is 6.05. The summed E-state index contributed by atoms with van der Waals surface area (Å²) in [7, 11) is 0. The van der Waals surface area contributed by atoms with Crippen LogP contribution in [0.3, 0.4) is 0 Å². The van der Waals surface area contributed by atoms with E-state index in [2.05, 4.69) is 16.6 Å². The van der Waals surface area contributed by atoms with Gasteiger partial charge in [0.1, 0.15) is 11.5 Å². The van der Waals surface area contributed by atoms with Crippen LogP contribution in [0, 0.1) is 16.7 Å². The largest absolute Gasteiger partial charge is 0.508 e. The van der Waals surface area contributed by atoms with Gasteiger partial charge in [0.15, 0.2) is 5.76 Å². The van der Waals surface area contributed by atoms with Gasteiger partial charge in [-0.05, 0) is 30.2 Å². The summed E-state index contributed by atoms with van der Waals surface area (Å²) in [6.45, 7) is 5.39. The number of benzene rings is 1. The van der Waals surface area contributed by atoms with Crippen molar-refractivity contribution in [1.82, 2.24) is 0 Å². The molecule has 8 heteroatoms. The maximum Gasteiger partial charge on any atom is 0.286 e. The first-order valence-corrected chi connectivity index (χ1v) is 8.23. The summed E-state index contributed by atoms with van der Waals surface area (Å²) >= 11 is 0. The predicted octanol–water partition coefficient (Wildman–Crippen LogP) is 3.25. The first-order chi connectivity index (χ1) is 12.8. The van der Waals surface area contributed by atoms with Crippen molar-refractivity contribution in [3.8, 4) is 0 Å². The zero-order chi connectivity index (χ0) is 20.0. The minimum absolute atomic E-state index is 0.0311. The summed E-state index contributed by atoms with van der Waals surface area (Å²) in [6, 6.07) is 9.52. The Bertz CT molecular complexity index is 872. The first kappa shape index (κ1) is 19.8. The van der Waals surface area contributed by atoms with E-state index in [9.17, 15) is 9.90 Å². The number of carbonyl (C=O) groups is 1. The number of aliphatic hydroxyl groups is 1. The van der Waals surface area contributed by atoms with E-state index < -0.39 is 6.02 Å². The van der Waals surface area contributed by atoms with Crippen LogP contribution in [0.4, 0.5) is 5.69 Å². The molecule has 2 rings (SSSR count). The smallest absolute Gasteiger partial charge is 0.286 e. The van der Waals surface area contributed by atoms with Crippen LogP contribution >= 0.6 is 0 Å². The van der Waals surface area contributed by atoms with Crippen molar-refractivity contribution in [3.05, 3.63) is 60.1 Å². The minimum atomic E-state index is -0.589. The third-order valence-corrected chi connectivity index (χ3v) is 3.69. The second kappa shape index (κ2) is 8.70. The molecule has 142 valence electrons. The van der Waals surface area contributed by atoms with Gasteiger partial charge in [-0.3, -0.25) is 15.6 Å².